The Bertz CT molecular complexity index is 610. The van der Waals surface area contributed by atoms with Crippen molar-refractivity contribution in [3.05, 3.63) is 29.8 Å². The van der Waals surface area contributed by atoms with Crippen LogP contribution in [0.1, 0.15) is 17.3 Å². The first-order valence-corrected chi connectivity index (χ1v) is 7.45. The molecule has 1 aromatic carbocycles. The summed E-state index contributed by atoms with van der Waals surface area (Å²) in [6.07, 6.45) is -1.74. The van der Waals surface area contributed by atoms with Crippen molar-refractivity contribution in [1.82, 2.24) is 5.32 Å². The fourth-order valence-corrected chi connectivity index (χ4v) is 2.55. The Morgan fingerprint density at radius 2 is 1.90 bits per heavy atom. The minimum Gasteiger partial charge on any atom is -0.479 e. The van der Waals surface area contributed by atoms with Gasteiger partial charge in [-0.05, 0) is 12.1 Å². The fraction of sp³-hybridized carbons (Fsp3) is 0.333. The van der Waals surface area contributed by atoms with Crippen molar-refractivity contribution in [2.24, 2.45) is 0 Å². The van der Waals surface area contributed by atoms with E-state index in [4.69, 9.17) is 10.2 Å². The molecule has 0 saturated heterocycles. The van der Waals surface area contributed by atoms with Gasteiger partial charge in [0.2, 0.25) is 0 Å². The molecule has 0 aliphatic heterocycles. The zero-order valence-corrected chi connectivity index (χ0v) is 11.6. The van der Waals surface area contributed by atoms with E-state index < -0.39 is 34.4 Å². The van der Waals surface area contributed by atoms with E-state index in [-0.39, 0.29) is 16.2 Å². The third kappa shape index (κ3) is 3.78. The number of amides is 1. The first-order valence-electron chi connectivity index (χ1n) is 5.80. The van der Waals surface area contributed by atoms with Gasteiger partial charge in [-0.25, -0.2) is 13.2 Å². The summed E-state index contributed by atoms with van der Waals surface area (Å²) in [7, 11) is -3.57. The predicted molar refractivity (Wildman–Crippen MR) is 70.1 cm³/mol. The lowest BCUT2D eigenvalue weighted by atomic mass is 10.2. The maximum absolute atomic E-state index is 11.9. The number of aliphatic hydroxyl groups excluding tert-OH is 1. The number of benzene rings is 1. The predicted octanol–water partition coefficient (Wildman–Crippen LogP) is -0.345. The number of rotatable bonds is 6. The lowest BCUT2D eigenvalue weighted by Crippen LogP contribution is -2.37. The molecule has 0 spiro atoms. The zero-order valence-electron chi connectivity index (χ0n) is 10.7. The van der Waals surface area contributed by atoms with Crippen molar-refractivity contribution in [2.45, 2.75) is 17.9 Å². The van der Waals surface area contributed by atoms with Gasteiger partial charge in [-0.2, -0.15) is 0 Å². The highest BCUT2D eigenvalue weighted by Crippen LogP contribution is 2.16. The van der Waals surface area contributed by atoms with Crippen LogP contribution in [0.2, 0.25) is 0 Å². The first kappa shape index (κ1) is 16.1. The molecule has 1 amide bonds. The molecular weight excluding hydrogens is 286 g/mol. The fourth-order valence-electron chi connectivity index (χ4n) is 1.45. The maximum atomic E-state index is 11.9. The molecule has 20 heavy (non-hydrogen) atoms. The van der Waals surface area contributed by atoms with Crippen LogP contribution in [-0.2, 0) is 14.6 Å². The molecule has 0 radical (unpaired) electrons. The average Bonchev–Trinajstić information content (AvgIpc) is 2.44. The summed E-state index contributed by atoms with van der Waals surface area (Å²) in [5.74, 6) is -2.38. The quantitative estimate of drug-likeness (QED) is 0.660. The molecule has 1 atom stereocenters. The topological polar surface area (TPSA) is 121 Å². The summed E-state index contributed by atoms with van der Waals surface area (Å²) in [6.45, 7) is 0.951. The van der Waals surface area contributed by atoms with Gasteiger partial charge < -0.3 is 15.5 Å². The molecule has 0 fully saturated rings. The summed E-state index contributed by atoms with van der Waals surface area (Å²) in [6, 6.07) is 5.62. The summed E-state index contributed by atoms with van der Waals surface area (Å²) < 4.78 is 23.7. The number of carboxylic acids is 1. The van der Waals surface area contributed by atoms with E-state index in [1.165, 1.54) is 31.2 Å². The molecule has 0 aliphatic carbocycles. The number of carbonyl (C=O) groups excluding carboxylic acids is 1. The van der Waals surface area contributed by atoms with Gasteiger partial charge in [0.15, 0.2) is 15.9 Å². The van der Waals surface area contributed by atoms with E-state index in [1.54, 1.807) is 0 Å². The number of carboxylic acid groups (broad SMARTS) is 1. The smallest absolute Gasteiger partial charge is 0.334 e. The molecular formula is C12H15NO6S. The molecule has 7 nitrogen and oxygen atoms in total. The van der Waals surface area contributed by atoms with Crippen molar-refractivity contribution >= 4 is 21.7 Å². The van der Waals surface area contributed by atoms with Crippen molar-refractivity contribution in [3.8, 4) is 0 Å². The van der Waals surface area contributed by atoms with Gasteiger partial charge in [0.25, 0.3) is 5.91 Å². The number of nitrogens with one attached hydrogen (secondary N) is 1. The van der Waals surface area contributed by atoms with E-state index in [9.17, 15) is 18.0 Å². The summed E-state index contributed by atoms with van der Waals surface area (Å²) in [4.78, 5) is 22.2. The Labute approximate surface area is 116 Å². The van der Waals surface area contributed by atoms with E-state index in [2.05, 4.69) is 5.32 Å². The van der Waals surface area contributed by atoms with Crippen LogP contribution in [0.4, 0.5) is 0 Å². The van der Waals surface area contributed by atoms with Crippen molar-refractivity contribution in [3.63, 3.8) is 0 Å². The Hall–Kier alpha value is -1.93. The van der Waals surface area contributed by atoms with Crippen LogP contribution in [-0.4, -0.2) is 48.9 Å². The summed E-state index contributed by atoms with van der Waals surface area (Å²) >= 11 is 0. The molecule has 0 saturated carbocycles. The van der Waals surface area contributed by atoms with Gasteiger partial charge >= 0.3 is 5.97 Å². The van der Waals surface area contributed by atoms with Gasteiger partial charge in [-0.15, -0.1) is 0 Å². The number of aliphatic carboxylic acids is 1. The molecule has 1 aromatic rings. The number of sulfone groups is 1. The lowest BCUT2D eigenvalue weighted by molar-refractivity contribution is -0.146. The van der Waals surface area contributed by atoms with Crippen LogP contribution in [0.15, 0.2) is 29.2 Å². The first-order chi connectivity index (χ1) is 9.29. The van der Waals surface area contributed by atoms with Crippen LogP contribution < -0.4 is 5.32 Å². The van der Waals surface area contributed by atoms with Gasteiger partial charge in [0.1, 0.15) is 0 Å². The number of hydrogen-bond donors (Lipinski definition) is 3. The largest absolute Gasteiger partial charge is 0.479 e. The van der Waals surface area contributed by atoms with Gasteiger partial charge in [0.05, 0.1) is 22.8 Å². The Balaban J connectivity index is 2.98. The minimum atomic E-state index is -3.57. The van der Waals surface area contributed by atoms with E-state index in [0.717, 1.165) is 0 Å². The van der Waals surface area contributed by atoms with Crippen molar-refractivity contribution in [1.29, 1.82) is 0 Å². The molecule has 1 unspecified atom stereocenters. The summed E-state index contributed by atoms with van der Waals surface area (Å²) in [5.41, 5.74) is -0.0769. The SMILES string of the molecule is CCS(=O)(=O)c1ccccc1C(=O)NCC(O)C(=O)O. The van der Waals surface area contributed by atoms with Gasteiger partial charge in [-0.3, -0.25) is 4.79 Å². The zero-order chi connectivity index (χ0) is 15.3. The molecule has 0 heterocycles. The third-order valence-corrected chi connectivity index (χ3v) is 4.37. The van der Waals surface area contributed by atoms with Crippen LogP contribution in [0.3, 0.4) is 0 Å². The number of hydrogen-bond acceptors (Lipinski definition) is 5. The van der Waals surface area contributed by atoms with Crippen LogP contribution in [0.5, 0.6) is 0 Å². The maximum Gasteiger partial charge on any atom is 0.334 e. The normalized spacial score (nSPS) is 12.7. The van der Waals surface area contributed by atoms with Crippen LogP contribution in [0.25, 0.3) is 0 Å². The molecule has 3 N–H and O–H groups in total. The van der Waals surface area contributed by atoms with E-state index in [1.807, 2.05) is 0 Å². The second-order valence-electron chi connectivity index (χ2n) is 3.96. The Morgan fingerprint density at radius 3 is 2.45 bits per heavy atom. The van der Waals surface area contributed by atoms with E-state index >= 15 is 0 Å². The Kier molecular flexibility index (Phi) is 5.23. The third-order valence-electron chi connectivity index (χ3n) is 2.59. The molecule has 0 aliphatic rings. The van der Waals surface area contributed by atoms with E-state index in [0.29, 0.717) is 0 Å². The second kappa shape index (κ2) is 6.49. The monoisotopic (exact) mass is 301 g/mol. The van der Waals surface area contributed by atoms with Gasteiger partial charge in [-0.1, -0.05) is 19.1 Å². The van der Waals surface area contributed by atoms with Crippen molar-refractivity contribution in [2.75, 3.05) is 12.3 Å². The molecule has 0 bridgehead atoms. The summed E-state index contributed by atoms with van der Waals surface area (Å²) in [5, 5.41) is 19.7. The highest BCUT2D eigenvalue weighted by Gasteiger charge is 2.21. The number of aliphatic hydroxyl groups is 1. The van der Waals surface area contributed by atoms with Gasteiger partial charge in [0, 0.05) is 0 Å². The number of carbonyl (C=O) groups is 2. The highest BCUT2D eigenvalue weighted by molar-refractivity contribution is 7.91. The molecule has 8 heteroatoms. The van der Waals surface area contributed by atoms with Crippen LogP contribution in [0, 0.1) is 0 Å². The van der Waals surface area contributed by atoms with Crippen molar-refractivity contribution < 1.29 is 28.2 Å². The Morgan fingerprint density at radius 1 is 1.30 bits per heavy atom. The molecule has 0 aromatic heterocycles. The molecule has 1 rings (SSSR count). The highest BCUT2D eigenvalue weighted by atomic mass is 32.2. The average molecular weight is 301 g/mol. The molecule has 110 valence electrons. The van der Waals surface area contributed by atoms with Crippen LogP contribution >= 0.6 is 0 Å². The standard InChI is InChI=1S/C12H15NO6S/c1-2-20(18,19)10-6-4-3-5-8(10)11(15)13-7-9(14)12(16)17/h3-6,9,14H,2,7H2,1H3,(H,13,15)(H,16,17). The minimum absolute atomic E-state index is 0.0769. The second-order valence-corrected chi connectivity index (χ2v) is 6.21. The lowest BCUT2D eigenvalue weighted by Gasteiger charge is -2.11.